The van der Waals surface area contributed by atoms with Crippen LogP contribution in [0.4, 0.5) is 5.69 Å². The molecule has 7 nitrogen and oxygen atoms in total. The summed E-state index contributed by atoms with van der Waals surface area (Å²) in [7, 11) is -1.65. The predicted molar refractivity (Wildman–Crippen MR) is 152 cm³/mol. The molecule has 206 valence electrons. The summed E-state index contributed by atoms with van der Waals surface area (Å²) in [5.74, 6) is 2.74. The molecule has 3 fully saturated rings. The first kappa shape index (κ1) is 25.3. The molecule has 39 heavy (non-hydrogen) atoms. The van der Waals surface area contributed by atoms with Gasteiger partial charge in [0.1, 0.15) is 12.2 Å². The van der Waals surface area contributed by atoms with Gasteiger partial charge in [0, 0.05) is 20.1 Å². The van der Waals surface area contributed by atoms with Crippen molar-refractivity contribution in [3.8, 4) is 0 Å². The molecule has 8 heteroatoms. The topological polar surface area (TPSA) is 71.3 Å². The number of nitrogens with zero attached hydrogens (tertiary/aromatic N) is 5. The molecule has 3 heterocycles. The van der Waals surface area contributed by atoms with Crippen molar-refractivity contribution in [2.24, 2.45) is 18.9 Å². The minimum Gasteiger partial charge on any atom is -0.320 e. The maximum Gasteiger partial charge on any atom is 0.264 e. The molecule has 1 saturated heterocycles. The number of sulfonamides is 1. The SMILES string of the molecule is CC1CC(c2cccc(N3Cc4c(C5CC5)cc(CN5CCC[C@H](C)C5)cc4S3(=O)=O)c2)(c2nncn2C)C1. The summed E-state index contributed by atoms with van der Waals surface area (Å²) in [5, 5.41) is 8.65. The standard InChI is InChI=1S/C31H39N5O2S/c1-21-6-5-11-35(17-21)18-23-12-27(24-9-10-24)28-19-36(39(37,38)29(28)13-23)26-8-4-7-25(14-26)31(15-22(2)16-31)30-33-32-20-34(30)3/h4,7-8,12-14,20-22,24H,5-6,9-11,15-19H2,1-3H3/t21-,22?,31?/m0/s1. The van der Waals surface area contributed by atoms with Gasteiger partial charge >= 0.3 is 0 Å². The van der Waals surface area contributed by atoms with E-state index in [0.717, 1.165) is 73.5 Å². The van der Waals surface area contributed by atoms with Gasteiger partial charge in [-0.1, -0.05) is 32.0 Å². The summed E-state index contributed by atoms with van der Waals surface area (Å²) >= 11 is 0. The highest BCUT2D eigenvalue weighted by Gasteiger charge is 2.48. The lowest BCUT2D eigenvalue weighted by molar-refractivity contribution is 0.176. The Morgan fingerprint density at radius 2 is 1.87 bits per heavy atom. The fraction of sp³-hybridized carbons (Fsp3) is 0.548. The third-order valence-electron chi connectivity index (χ3n) is 9.56. The van der Waals surface area contributed by atoms with Crippen LogP contribution in [0, 0.1) is 11.8 Å². The smallest absolute Gasteiger partial charge is 0.264 e. The third kappa shape index (κ3) is 4.22. The summed E-state index contributed by atoms with van der Waals surface area (Å²) in [4.78, 5) is 3.03. The minimum absolute atomic E-state index is 0.227. The molecule has 3 aromatic rings. The monoisotopic (exact) mass is 545 g/mol. The zero-order valence-corrected chi connectivity index (χ0v) is 24.1. The lowest BCUT2D eigenvalue weighted by Crippen LogP contribution is -2.43. The van der Waals surface area contributed by atoms with E-state index in [1.807, 2.05) is 29.8 Å². The first-order valence-electron chi connectivity index (χ1n) is 14.6. The number of aromatic nitrogens is 3. The van der Waals surface area contributed by atoms with Gasteiger partial charge < -0.3 is 4.57 Å². The molecule has 1 atom stereocenters. The minimum atomic E-state index is -3.64. The molecule has 0 N–H and O–H groups in total. The molecule has 0 unspecified atom stereocenters. The van der Waals surface area contributed by atoms with Crippen molar-refractivity contribution in [1.29, 1.82) is 0 Å². The highest BCUT2D eigenvalue weighted by atomic mass is 32.2. The van der Waals surface area contributed by atoms with E-state index in [-0.39, 0.29) is 5.41 Å². The summed E-state index contributed by atoms with van der Waals surface area (Å²) in [6.45, 7) is 8.02. The third-order valence-corrected chi connectivity index (χ3v) is 11.4. The van der Waals surface area contributed by atoms with E-state index in [4.69, 9.17) is 0 Å². The van der Waals surface area contributed by atoms with Gasteiger partial charge in [-0.3, -0.25) is 9.21 Å². The fourth-order valence-electron chi connectivity index (χ4n) is 7.59. The van der Waals surface area contributed by atoms with E-state index >= 15 is 0 Å². The van der Waals surface area contributed by atoms with Crippen LogP contribution in [-0.2, 0) is 35.6 Å². The number of rotatable bonds is 6. The maximum atomic E-state index is 14.1. The Hall–Kier alpha value is -2.71. The van der Waals surface area contributed by atoms with Crippen LogP contribution < -0.4 is 4.31 Å². The second-order valence-corrected chi connectivity index (χ2v) is 14.7. The first-order valence-corrected chi connectivity index (χ1v) is 16.0. The molecule has 0 amide bonds. The van der Waals surface area contributed by atoms with Gasteiger partial charge in [0.05, 0.1) is 22.5 Å². The summed E-state index contributed by atoms with van der Waals surface area (Å²) in [6.07, 6.45) is 8.55. The second-order valence-electron chi connectivity index (χ2n) is 12.8. The number of hydrogen-bond donors (Lipinski definition) is 0. The van der Waals surface area contributed by atoms with Crippen molar-refractivity contribution >= 4 is 15.7 Å². The van der Waals surface area contributed by atoms with Gasteiger partial charge in [0.25, 0.3) is 10.0 Å². The second kappa shape index (κ2) is 9.16. The lowest BCUT2D eigenvalue weighted by atomic mass is 9.58. The Balaban J connectivity index is 1.25. The van der Waals surface area contributed by atoms with Crippen molar-refractivity contribution in [1.82, 2.24) is 19.7 Å². The number of hydrogen-bond acceptors (Lipinski definition) is 5. The first-order chi connectivity index (χ1) is 18.7. The molecule has 2 aliphatic carbocycles. The molecule has 2 aromatic carbocycles. The molecule has 2 aliphatic heterocycles. The Morgan fingerprint density at radius 3 is 2.56 bits per heavy atom. The van der Waals surface area contributed by atoms with E-state index < -0.39 is 10.0 Å². The highest BCUT2D eigenvalue weighted by molar-refractivity contribution is 7.93. The highest BCUT2D eigenvalue weighted by Crippen LogP contribution is 2.53. The Bertz CT molecular complexity index is 1520. The number of anilines is 1. The molecule has 7 rings (SSSR count). The van der Waals surface area contributed by atoms with E-state index in [9.17, 15) is 8.42 Å². The molecule has 0 spiro atoms. The van der Waals surface area contributed by atoms with Gasteiger partial charge in [-0.25, -0.2) is 8.42 Å². The van der Waals surface area contributed by atoms with Crippen molar-refractivity contribution in [3.05, 3.63) is 70.8 Å². The average molecular weight is 546 g/mol. The zero-order chi connectivity index (χ0) is 26.9. The number of benzene rings is 2. The molecular formula is C31H39N5O2S. The normalized spacial score (nSPS) is 28.3. The van der Waals surface area contributed by atoms with Gasteiger partial charge in [0.15, 0.2) is 0 Å². The van der Waals surface area contributed by atoms with Gasteiger partial charge in [-0.05, 0) is 103 Å². The molecular weight excluding hydrogens is 506 g/mol. The number of aryl methyl sites for hydroxylation is 1. The largest absolute Gasteiger partial charge is 0.320 e. The number of likely N-dealkylation sites (tertiary alicyclic amines) is 1. The van der Waals surface area contributed by atoms with Crippen LogP contribution in [0.1, 0.15) is 86.4 Å². The Kier molecular flexibility index (Phi) is 5.94. The fourth-order valence-corrected chi connectivity index (χ4v) is 9.32. The van der Waals surface area contributed by atoms with Crippen LogP contribution in [0.3, 0.4) is 0 Å². The van der Waals surface area contributed by atoms with Crippen LogP contribution in [-0.4, -0.2) is 41.2 Å². The maximum absolute atomic E-state index is 14.1. The van der Waals surface area contributed by atoms with E-state index in [2.05, 4.69) is 47.1 Å². The molecule has 1 aromatic heterocycles. The van der Waals surface area contributed by atoms with E-state index in [0.29, 0.717) is 29.2 Å². The van der Waals surface area contributed by atoms with Crippen LogP contribution in [0.2, 0.25) is 0 Å². The lowest BCUT2D eigenvalue weighted by Gasteiger charge is -2.46. The summed E-state index contributed by atoms with van der Waals surface area (Å²) < 4.78 is 31.9. The molecule has 2 saturated carbocycles. The van der Waals surface area contributed by atoms with E-state index in [1.165, 1.54) is 18.4 Å². The van der Waals surface area contributed by atoms with Crippen LogP contribution in [0.25, 0.3) is 0 Å². The predicted octanol–water partition coefficient (Wildman–Crippen LogP) is 5.35. The molecule has 0 bridgehead atoms. The van der Waals surface area contributed by atoms with Crippen molar-refractivity contribution < 1.29 is 8.42 Å². The van der Waals surface area contributed by atoms with Crippen LogP contribution in [0.5, 0.6) is 0 Å². The summed E-state index contributed by atoms with van der Waals surface area (Å²) in [5.41, 5.74) is 5.07. The molecule has 0 radical (unpaired) electrons. The van der Waals surface area contributed by atoms with Crippen molar-refractivity contribution in [2.75, 3.05) is 17.4 Å². The number of fused-ring (bicyclic) bond motifs is 1. The quantitative estimate of drug-likeness (QED) is 0.418. The van der Waals surface area contributed by atoms with Crippen LogP contribution in [0.15, 0.2) is 47.6 Å². The van der Waals surface area contributed by atoms with Gasteiger partial charge in [-0.15, -0.1) is 10.2 Å². The van der Waals surface area contributed by atoms with E-state index in [1.54, 1.807) is 10.6 Å². The Labute approximate surface area is 232 Å². The van der Waals surface area contributed by atoms with Gasteiger partial charge in [-0.2, -0.15) is 0 Å². The van der Waals surface area contributed by atoms with Crippen molar-refractivity contribution in [3.63, 3.8) is 0 Å². The van der Waals surface area contributed by atoms with Crippen LogP contribution >= 0.6 is 0 Å². The Morgan fingerprint density at radius 1 is 1.05 bits per heavy atom. The number of piperidine rings is 1. The van der Waals surface area contributed by atoms with Crippen molar-refractivity contribution in [2.45, 2.75) is 81.7 Å². The molecule has 4 aliphatic rings. The van der Waals surface area contributed by atoms with Gasteiger partial charge in [0.2, 0.25) is 0 Å². The zero-order valence-electron chi connectivity index (χ0n) is 23.3. The summed E-state index contributed by atoms with van der Waals surface area (Å²) in [6, 6.07) is 12.5. The average Bonchev–Trinajstić information content (AvgIpc) is 3.59.